The van der Waals surface area contributed by atoms with E-state index >= 15 is 0 Å². The second-order valence-electron chi connectivity index (χ2n) is 5.57. The van der Waals surface area contributed by atoms with Crippen LogP contribution in [-0.4, -0.2) is 34.4 Å². The normalized spacial score (nSPS) is 16.7. The highest BCUT2D eigenvalue weighted by molar-refractivity contribution is 7.99. The summed E-state index contributed by atoms with van der Waals surface area (Å²) < 4.78 is 0. The molecular formula is C18H19N3O2S. The molecule has 1 heterocycles. The molecule has 0 spiro atoms. The summed E-state index contributed by atoms with van der Waals surface area (Å²) in [5.74, 6) is 0.989. The second-order valence-corrected chi connectivity index (χ2v) is 6.57. The maximum Gasteiger partial charge on any atom is 0.248 e. The minimum atomic E-state index is -0.404. The van der Waals surface area contributed by atoms with Crippen LogP contribution in [0, 0.1) is 0 Å². The van der Waals surface area contributed by atoms with E-state index in [1.165, 1.54) is 6.92 Å². The molecular weight excluding hydrogens is 322 g/mol. The number of rotatable bonds is 4. The van der Waals surface area contributed by atoms with Gasteiger partial charge < -0.3 is 15.5 Å². The van der Waals surface area contributed by atoms with E-state index in [0.29, 0.717) is 17.3 Å². The molecule has 1 unspecified atom stereocenters. The lowest BCUT2D eigenvalue weighted by Crippen LogP contribution is -2.43. The van der Waals surface area contributed by atoms with Gasteiger partial charge in [0.05, 0.1) is 5.88 Å². The third-order valence-corrected chi connectivity index (χ3v) is 4.79. The van der Waals surface area contributed by atoms with Crippen LogP contribution in [0.4, 0.5) is 17.1 Å². The fourth-order valence-corrected chi connectivity index (χ4v) is 3.78. The zero-order chi connectivity index (χ0) is 16.9. The predicted octanol–water partition coefficient (Wildman–Crippen LogP) is 3.29. The summed E-state index contributed by atoms with van der Waals surface area (Å²) in [6.45, 7) is 1.50. The molecule has 2 aromatic rings. The van der Waals surface area contributed by atoms with Gasteiger partial charge in [0.25, 0.3) is 0 Å². The van der Waals surface area contributed by atoms with E-state index in [-0.39, 0.29) is 11.8 Å². The zero-order valence-electron chi connectivity index (χ0n) is 13.4. The molecule has 1 fully saturated rings. The van der Waals surface area contributed by atoms with Crippen molar-refractivity contribution in [1.29, 1.82) is 0 Å². The van der Waals surface area contributed by atoms with Crippen molar-refractivity contribution in [2.75, 3.05) is 22.3 Å². The number of carbonyl (C=O) groups is 2. The number of hydrogen-bond donors (Lipinski definition) is 2. The monoisotopic (exact) mass is 341 g/mol. The highest BCUT2D eigenvalue weighted by Crippen LogP contribution is 2.24. The molecule has 0 aromatic heterocycles. The number of para-hydroxylation sites is 1. The third kappa shape index (κ3) is 3.89. The van der Waals surface area contributed by atoms with Gasteiger partial charge in [0, 0.05) is 29.7 Å². The highest BCUT2D eigenvalue weighted by Gasteiger charge is 2.32. The first kappa shape index (κ1) is 16.4. The molecule has 2 amide bonds. The molecule has 0 bridgehead atoms. The molecule has 3 rings (SSSR count). The van der Waals surface area contributed by atoms with Crippen LogP contribution in [0.3, 0.4) is 0 Å². The Bertz CT molecular complexity index is 736. The summed E-state index contributed by atoms with van der Waals surface area (Å²) in [6, 6.07) is 17.0. The number of thioether (sulfide) groups is 1. The van der Waals surface area contributed by atoms with Gasteiger partial charge in [0.15, 0.2) is 0 Å². The summed E-state index contributed by atoms with van der Waals surface area (Å²) in [7, 11) is 0. The van der Waals surface area contributed by atoms with Gasteiger partial charge >= 0.3 is 0 Å². The first-order valence-corrected chi connectivity index (χ1v) is 8.87. The molecule has 0 radical (unpaired) electrons. The lowest BCUT2D eigenvalue weighted by atomic mass is 10.2. The minimum absolute atomic E-state index is 0.0698. The summed E-state index contributed by atoms with van der Waals surface area (Å²) in [5, 5.41) is 6.20. The Morgan fingerprint density at radius 2 is 1.75 bits per heavy atom. The number of nitrogens with one attached hydrogen (secondary N) is 2. The molecule has 124 valence electrons. The molecule has 24 heavy (non-hydrogen) atoms. The van der Waals surface area contributed by atoms with Gasteiger partial charge in [-0.2, -0.15) is 0 Å². The molecule has 1 aliphatic rings. The maximum atomic E-state index is 12.5. The minimum Gasteiger partial charge on any atom is -0.355 e. The van der Waals surface area contributed by atoms with E-state index in [0.717, 1.165) is 11.4 Å². The van der Waals surface area contributed by atoms with Crippen molar-refractivity contribution in [1.82, 2.24) is 4.90 Å². The molecule has 6 heteroatoms. The van der Waals surface area contributed by atoms with Crippen LogP contribution in [0.1, 0.15) is 6.92 Å². The standard InChI is InChI=1S/C18H19N3O2S/c1-13(22)21-12-24-11-17(21)18(23)20-16-9-5-8-15(10-16)19-14-6-3-2-4-7-14/h2-10,17,19H,11-12H2,1H3,(H,20,23). The molecule has 2 N–H and O–H groups in total. The van der Waals surface area contributed by atoms with Crippen molar-refractivity contribution in [2.45, 2.75) is 13.0 Å². The Morgan fingerprint density at radius 1 is 1.04 bits per heavy atom. The van der Waals surface area contributed by atoms with Crippen LogP contribution in [0.25, 0.3) is 0 Å². The SMILES string of the molecule is CC(=O)N1CSCC1C(=O)Nc1cccc(Nc2ccccc2)c1. The van der Waals surface area contributed by atoms with E-state index in [9.17, 15) is 9.59 Å². The van der Waals surface area contributed by atoms with Crippen LogP contribution >= 0.6 is 11.8 Å². The number of carbonyl (C=O) groups excluding carboxylic acids is 2. The number of amides is 2. The molecule has 1 aliphatic heterocycles. The van der Waals surface area contributed by atoms with Crippen LogP contribution in [-0.2, 0) is 9.59 Å². The highest BCUT2D eigenvalue weighted by atomic mass is 32.2. The zero-order valence-corrected chi connectivity index (χ0v) is 14.2. The van der Waals surface area contributed by atoms with Gasteiger partial charge in [-0.1, -0.05) is 24.3 Å². The number of anilines is 3. The lowest BCUT2D eigenvalue weighted by Gasteiger charge is -2.21. The Morgan fingerprint density at radius 3 is 2.50 bits per heavy atom. The summed E-state index contributed by atoms with van der Waals surface area (Å²) >= 11 is 1.59. The van der Waals surface area contributed by atoms with Crippen molar-refractivity contribution in [3.63, 3.8) is 0 Å². The van der Waals surface area contributed by atoms with Crippen molar-refractivity contribution >= 4 is 40.6 Å². The fraction of sp³-hybridized carbons (Fsp3) is 0.222. The van der Waals surface area contributed by atoms with Crippen LogP contribution in [0.15, 0.2) is 54.6 Å². The predicted molar refractivity (Wildman–Crippen MR) is 98.4 cm³/mol. The van der Waals surface area contributed by atoms with E-state index in [1.807, 2.05) is 54.6 Å². The van der Waals surface area contributed by atoms with Crippen LogP contribution in [0.5, 0.6) is 0 Å². The Kier molecular flexibility index (Phi) is 5.05. The molecule has 1 saturated heterocycles. The fourth-order valence-electron chi connectivity index (χ4n) is 2.56. The number of benzene rings is 2. The molecule has 1 atom stereocenters. The second kappa shape index (κ2) is 7.40. The average molecular weight is 341 g/mol. The lowest BCUT2D eigenvalue weighted by molar-refractivity contribution is -0.134. The van der Waals surface area contributed by atoms with Gasteiger partial charge in [-0.3, -0.25) is 9.59 Å². The Hall–Kier alpha value is -2.47. The summed E-state index contributed by atoms with van der Waals surface area (Å²) in [6.07, 6.45) is 0. The first-order chi connectivity index (χ1) is 11.6. The summed E-state index contributed by atoms with van der Waals surface area (Å²) in [4.78, 5) is 25.7. The number of nitrogens with zero attached hydrogens (tertiary/aromatic N) is 1. The van der Waals surface area contributed by atoms with E-state index in [4.69, 9.17) is 0 Å². The van der Waals surface area contributed by atoms with Crippen molar-refractivity contribution in [3.8, 4) is 0 Å². The molecule has 0 aliphatic carbocycles. The number of hydrogen-bond acceptors (Lipinski definition) is 4. The van der Waals surface area contributed by atoms with Gasteiger partial charge in [-0.25, -0.2) is 0 Å². The molecule has 2 aromatic carbocycles. The molecule has 5 nitrogen and oxygen atoms in total. The Labute approximate surface area is 145 Å². The van der Waals surface area contributed by atoms with E-state index in [1.54, 1.807) is 16.7 Å². The quantitative estimate of drug-likeness (QED) is 0.896. The van der Waals surface area contributed by atoms with Gasteiger partial charge in [-0.05, 0) is 30.3 Å². The largest absolute Gasteiger partial charge is 0.355 e. The van der Waals surface area contributed by atoms with E-state index < -0.39 is 6.04 Å². The Balaban J connectivity index is 1.68. The van der Waals surface area contributed by atoms with Gasteiger partial charge in [0.1, 0.15) is 6.04 Å². The third-order valence-electron chi connectivity index (χ3n) is 3.78. The summed E-state index contributed by atoms with van der Waals surface area (Å²) in [5.41, 5.74) is 2.58. The van der Waals surface area contributed by atoms with Crippen LogP contribution in [0.2, 0.25) is 0 Å². The van der Waals surface area contributed by atoms with Gasteiger partial charge in [0.2, 0.25) is 11.8 Å². The first-order valence-electron chi connectivity index (χ1n) is 7.71. The molecule has 0 saturated carbocycles. The smallest absolute Gasteiger partial charge is 0.248 e. The van der Waals surface area contributed by atoms with Crippen LogP contribution < -0.4 is 10.6 Å². The van der Waals surface area contributed by atoms with Crippen molar-refractivity contribution < 1.29 is 9.59 Å². The average Bonchev–Trinajstić information content (AvgIpc) is 3.06. The van der Waals surface area contributed by atoms with Crippen molar-refractivity contribution in [3.05, 3.63) is 54.6 Å². The maximum absolute atomic E-state index is 12.5. The van der Waals surface area contributed by atoms with Crippen molar-refractivity contribution in [2.24, 2.45) is 0 Å². The topological polar surface area (TPSA) is 61.4 Å². The van der Waals surface area contributed by atoms with E-state index in [2.05, 4.69) is 10.6 Å². The van der Waals surface area contributed by atoms with Gasteiger partial charge in [-0.15, -0.1) is 11.8 Å².